The third-order valence-corrected chi connectivity index (χ3v) is 5.98. The Labute approximate surface area is 158 Å². The van der Waals surface area contributed by atoms with Crippen LogP contribution in [0.3, 0.4) is 0 Å². The van der Waals surface area contributed by atoms with E-state index in [1.165, 1.54) is 24.3 Å². The van der Waals surface area contributed by atoms with Gasteiger partial charge in [0.1, 0.15) is 16.8 Å². The van der Waals surface area contributed by atoms with Crippen LogP contribution in [-0.2, 0) is 19.4 Å². The quantitative estimate of drug-likeness (QED) is 0.629. The Balaban J connectivity index is 2.04. The first-order valence-electron chi connectivity index (χ1n) is 8.39. The lowest BCUT2D eigenvalue weighted by Gasteiger charge is -2.16. The highest BCUT2D eigenvalue weighted by molar-refractivity contribution is 7.93. The van der Waals surface area contributed by atoms with Crippen molar-refractivity contribution in [3.63, 3.8) is 0 Å². The molecule has 0 fully saturated rings. The van der Waals surface area contributed by atoms with Gasteiger partial charge in [0, 0.05) is 11.4 Å². The van der Waals surface area contributed by atoms with Crippen LogP contribution in [0.25, 0.3) is 0 Å². The molecule has 0 heterocycles. The standard InChI is InChI=1S/C19H22N2O5S/c1-3-17(19(24)21-15-8-10-16(22)11-9-15)27(25,26)12-18(23)20-14-6-4-13(2)5-7-14/h4-11,17,22H,3,12H2,1-2H3,(H,20,23)(H,21,24). The van der Waals surface area contributed by atoms with Gasteiger partial charge in [0.15, 0.2) is 9.84 Å². The van der Waals surface area contributed by atoms with Crippen LogP contribution < -0.4 is 10.6 Å². The van der Waals surface area contributed by atoms with Crippen LogP contribution in [0.5, 0.6) is 5.75 Å². The second-order valence-electron chi connectivity index (χ2n) is 6.15. The van der Waals surface area contributed by atoms with Crippen molar-refractivity contribution < 1.29 is 23.1 Å². The van der Waals surface area contributed by atoms with Gasteiger partial charge >= 0.3 is 0 Å². The minimum Gasteiger partial charge on any atom is -0.508 e. The van der Waals surface area contributed by atoms with Gasteiger partial charge < -0.3 is 15.7 Å². The summed E-state index contributed by atoms with van der Waals surface area (Å²) in [6.07, 6.45) is 0.0318. The van der Waals surface area contributed by atoms with Gasteiger partial charge in [-0.25, -0.2) is 8.42 Å². The second-order valence-corrected chi connectivity index (χ2v) is 8.34. The number of anilines is 2. The molecule has 2 aromatic carbocycles. The van der Waals surface area contributed by atoms with E-state index < -0.39 is 32.7 Å². The summed E-state index contributed by atoms with van der Waals surface area (Å²) in [5.74, 6) is -2.18. The fraction of sp³-hybridized carbons (Fsp3) is 0.263. The molecule has 0 saturated heterocycles. The molecular formula is C19H22N2O5S. The fourth-order valence-electron chi connectivity index (χ4n) is 2.49. The molecule has 0 saturated carbocycles. The number of hydrogen-bond acceptors (Lipinski definition) is 5. The Morgan fingerprint density at radius 2 is 1.48 bits per heavy atom. The van der Waals surface area contributed by atoms with Crippen LogP contribution in [0.1, 0.15) is 18.9 Å². The molecule has 27 heavy (non-hydrogen) atoms. The number of rotatable bonds is 7. The van der Waals surface area contributed by atoms with E-state index in [9.17, 15) is 23.1 Å². The lowest BCUT2D eigenvalue weighted by molar-refractivity contribution is -0.115. The van der Waals surface area contributed by atoms with Gasteiger partial charge in [0.2, 0.25) is 11.8 Å². The Hall–Kier alpha value is -2.87. The molecule has 2 rings (SSSR count). The van der Waals surface area contributed by atoms with Crippen LogP contribution in [0, 0.1) is 6.92 Å². The highest BCUT2D eigenvalue weighted by Crippen LogP contribution is 2.17. The summed E-state index contributed by atoms with van der Waals surface area (Å²) in [6, 6.07) is 12.6. The largest absolute Gasteiger partial charge is 0.508 e. The lowest BCUT2D eigenvalue weighted by Crippen LogP contribution is -2.39. The summed E-state index contributed by atoms with van der Waals surface area (Å²) in [5, 5.41) is 12.9. The zero-order chi connectivity index (χ0) is 20.0. The van der Waals surface area contributed by atoms with E-state index in [2.05, 4.69) is 10.6 Å². The van der Waals surface area contributed by atoms with Gasteiger partial charge in [-0.3, -0.25) is 9.59 Å². The molecule has 3 N–H and O–H groups in total. The SMILES string of the molecule is CCC(C(=O)Nc1ccc(O)cc1)S(=O)(=O)CC(=O)Nc1ccc(C)cc1. The first-order chi connectivity index (χ1) is 12.7. The topological polar surface area (TPSA) is 113 Å². The molecule has 1 unspecified atom stereocenters. The van der Waals surface area contributed by atoms with Gasteiger partial charge in [-0.1, -0.05) is 24.6 Å². The number of hydrogen-bond donors (Lipinski definition) is 3. The summed E-state index contributed by atoms with van der Waals surface area (Å²) in [4.78, 5) is 24.5. The fourth-order valence-corrected chi connectivity index (χ4v) is 4.02. The Bertz CT molecular complexity index is 906. The number of aryl methyl sites for hydroxylation is 1. The van der Waals surface area contributed by atoms with Crippen molar-refractivity contribution in [2.75, 3.05) is 16.4 Å². The van der Waals surface area contributed by atoms with Crippen LogP contribution >= 0.6 is 0 Å². The molecular weight excluding hydrogens is 368 g/mol. The number of nitrogens with one attached hydrogen (secondary N) is 2. The molecule has 0 bridgehead atoms. The van der Waals surface area contributed by atoms with Gasteiger partial charge in [0.25, 0.3) is 0 Å². The Kier molecular flexibility index (Phi) is 6.57. The highest BCUT2D eigenvalue weighted by Gasteiger charge is 2.33. The number of carbonyl (C=O) groups excluding carboxylic acids is 2. The third kappa shape index (κ3) is 5.82. The maximum Gasteiger partial charge on any atom is 0.242 e. The monoisotopic (exact) mass is 390 g/mol. The molecule has 0 aliphatic carbocycles. The van der Waals surface area contributed by atoms with E-state index >= 15 is 0 Å². The summed E-state index contributed by atoms with van der Waals surface area (Å²) < 4.78 is 25.1. The minimum absolute atomic E-state index is 0.0282. The smallest absolute Gasteiger partial charge is 0.242 e. The van der Waals surface area contributed by atoms with E-state index in [0.29, 0.717) is 11.4 Å². The van der Waals surface area contributed by atoms with E-state index in [1.807, 2.05) is 6.92 Å². The predicted octanol–water partition coefficient (Wildman–Crippen LogP) is 2.47. The van der Waals surface area contributed by atoms with Crippen molar-refractivity contribution >= 4 is 33.0 Å². The molecule has 0 aromatic heterocycles. The molecule has 8 heteroatoms. The average Bonchev–Trinajstić information content (AvgIpc) is 2.58. The summed E-state index contributed by atoms with van der Waals surface area (Å²) in [7, 11) is -4.00. The lowest BCUT2D eigenvalue weighted by atomic mass is 10.2. The molecule has 144 valence electrons. The van der Waals surface area contributed by atoms with Gasteiger partial charge in [-0.05, 0) is 49.7 Å². The number of aromatic hydroxyl groups is 1. The number of sulfone groups is 1. The Morgan fingerprint density at radius 1 is 0.963 bits per heavy atom. The average molecular weight is 390 g/mol. The molecule has 2 amide bonds. The number of amides is 2. The Morgan fingerprint density at radius 3 is 2.04 bits per heavy atom. The molecule has 2 aromatic rings. The van der Waals surface area contributed by atoms with Crippen LogP contribution in [-0.4, -0.2) is 36.3 Å². The number of benzene rings is 2. The van der Waals surface area contributed by atoms with Crippen molar-refractivity contribution in [1.29, 1.82) is 0 Å². The number of carbonyl (C=O) groups is 2. The van der Waals surface area contributed by atoms with Gasteiger partial charge in [-0.15, -0.1) is 0 Å². The maximum absolute atomic E-state index is 12.5. The second kappa shape index (κ2) is 8.68. The molecule has 0 aliphatic rings. The summed E-state index contributed by atoms with van der Waals surface area (Å²) >= 11 is 0. The van der Waals surface area contributed by atoms with Crippen molar-refractivity contribution in [3.8, 4) is 5.75 Å². The molecule has 7 nitrogen and oxygen atoms in total. The van der Waals surface area contributed by atoms with Crippen LogP contribution in [0.15, 0.2) is 48.5 Å². The normalized spacial score (nSPS) is 12.2. The maximum atomic E-state index is 12.5. The van der Waals surface area contributed by atoms with E-state index in [4.69, 9.17) is 0 Å². The van der Waals surface area contributed by atoms with Gasteiger partial charge in [0.05, 0.1) is 0 Å². The van der Waals surface area contributed by atoms with Crippen molar-refractivity contribution in [2.24, 2.45) is 0 Å². The molecule has 0 radical (unpaired) electrons. The number of phenolic OH excluding ortho intramolecular Hbond substituents is 1. The summed E-state index contributed by atoms with van der Waals surface area (Å²) in [5.41, 5.74) is 1.86. The first-order valence-corrected chi connectivity index (χ1v) is 10.1. The molecule has 1 atom stereocenters. The van der Waals surface area contributed by atoms with E-state index in [-0.39, 0.29) is 12.2 Å². The predicted molar refractivity (Wildman–Crippen MR) is 104 cm³/mol. The van der Waals surface area contributed by atoms with Crippen molar-refractivity contribution in [1.82, 2.24) is 0 Å². The zero-order valence-corrected chi connectivity index (χ0v) is 15.9. The van der Waals surface area contributed by atoms with E-state index in [1.54, 1.807) is 31.2 Å². The van der Waals surface area contributed by atoms with Crippen LogP contribution in [0.4, 0.5) is 11.4 Å². The third-order valence-electron chi connectivity index (χ3n) is 3.90. The van der Waals surface area contributed by atoms with Crippen molar-refractivity contribution in [2.45, 2.75) is 25.5 Å². The van der Waals surface area contributed by atoms with E-state index in [0.717, 1.165) is 5.56 Å². The first kappa shape index (κ1) is 20.4. The van der Waals surface area contributed by atoms with Crippen molar-refractivity contribution in [3.05, 3.63) is 54.1 Å². The van der Waals surface area contributed by atoms with Gasteiger partial charge in [-0.2, -0.15) is 0 Å². The minimum atomic E-state index is -4.00. The van der Waals surface area contributed by atoms with Crippen LogP contribution in [0.2, 0.25) is 0 Å². The molecule has 0 aliphatic heterocycles. The summed E-state index contributed by atoms with van der Waals surface area (Å²) in [6.45, 7) is 3.46. The highest BCUT2D eigenvalue weighted by atomic mass is 32.2. The molecule has 0 spiro atoms. The zero-order valence-electron chi connectivity index (χ0n) is 15.1. The number of phenols is 1.